The Morgan fingerprint density at radius 2 is 2.14 bits per heavy atom. The van der Waals surface area contributed by atoms with Crippen LogP contribution in [-0.4, -0.2) is 44.5 Å². The first-order chi connectivity index (χ1) is 14.1. The molecule has 3 aromatic heterocycles. The van der Waals surface area contributed by atoms with Crippen molar-refractivity contribution in [2.45, 2.75) is 51.0 Å². The average molecular weight is 411 g/mol. The molecule has 1 saturated heterocycles. The highest BCUT2D eigenvalue weighted by molar-refractivity contribution is 7.11. The Labute approximate surface area is 174 Å². The maximum absolute atomic E-state index is 13.1. The van der Waals surface area contributed by atoms with E-state index in [1.54, 1.807) is 6.20 Å². The van der Waals surface area contributed by atoms with E-state index in [0.717, 1.165) is 67.9 Å². The van der Waals surface area contributed by atoms with Crippen LogP contribution in [0, 0.1) is 12.8 Å². The van der Waals surface area contributed by atoms with Crippen molar-refractivity contribution >= 4 is 28.6 Å². The number of carbonyl (C=O) groups is 1. The number of carbonyl (C=O) groups excluding carboxylic acids is 1. The summed E-state index contributed by atoms with van der Waals surface area (Å²) >= 11 is 1.43. The number of Topliss-reactive ketones (excluding diaryl/α,β-unsaturated/α-hetero) is 1. The third-order valence-electron chi connectivity index (χ3n) is 6.27. The Morgan fingerprint density at radius 3 is 2.90 bits per heavy atom. The van der Waals surface area contributed by atoms with Gasteiger partial charge in [0, 0.05) is 60.4 Å². The smallest absolute Gasteiger partial charge is 0.195 e. The fourth-order valence-corrected chi connectivity index (χ4v) is 5.44. The third-order valence-corrected chi connectivity index (χ3v) is 7.06. The Morgan fingerprint density at radius 1 is 1.28 bits per heavy atom. The number of thiazole rings is 1. The number of aromatic nitrogens is 4. The normalized spacial score (nSPS) is 25.0. The molecule has 152 valence electrons. The number of anilines is 1. The molecule has 4 heterocycles. The van der Waals surface area contributed by atoms with E-state index in [-0.39, 0.29) is 23.7 Å². The van der Waals surface area contributed by atoms with Crippen LogP contribution in [-0.2, 0) is 0 Å². The molecule has 1 aliphatic heterocycles. The fraction of sp³-hybridized carbons (Fsp3) is 0.524. The van der Waals surface area contributed by atoms with Crippen LogP contribution in [0.3, 0.4) is 0 Å². The van der Waals surface area contributed by atoms with Crippen LogP contribution in [0.5, 0.6) is 0 Å². The second-order valence-corrected chi connectivity index (χ2v) is 9.21. The van der Waals surface area contributed by atoms with E-state index in [0.29, 0.717) is 5.01 Å². The van der Waals surface area contributed by atoms with Gasteiger partial charge in [0.15, 0.2) is 16.4 Å². The predicted molar refractivity (Wildman–Crippen MR) is 114 cm³/mol. The van der Waals surface area contributed by atoms with Gasteiger partial charge in [0.2, 0.25) is 0 Å². The van der Waals surface area contributed by atoms with Gasteiger partial charge in [0.25, 0.3) is 0 Å². The Hall–Kier alpha value is -2.32. The molecule has 2 N–H and O–H groups in total. The van der Waals surface area contributed by atoms with Crippen molar-refractivity contribution in [2.24, 2.45) is 11.7 Å². The van der Waals surface area contributed by atoms with E-state index >= 15 is 0 Å². The summed E-state index contributed by atoms with van der Waals surface area (Å²) in [6.07, 6.45) is 8.86. The molecule has 0 amide bonds. The van der Waals surface area contributed by atoms with E-state index in [1.807, 2.05) is 16.1 Å². The standard InChI is InChI=1S/C21H26N6OS/c1-13-11-27-18(24-20(13)26-8-6-14(22)12-26)10-17(25-27)15-4-2-3-5-16(15)19(28)21-23-7-9-29-21/h7,9-11,14-16H,2-6,8,12,22H2,1H3/t14-,15+,16?/m0/s1. The zero-order valence-electron chi connectivity index (χ0n) is 16.6. The molecule has 29 heavy (non-hydrogen) atoms. The second kappa shape index (κ2) is 7.50. The van der Waals surface area contributed by atoms with Gasteiger partial charge in [-0.25, -0.2) is 14.5 Å². The number of ketones is 1. The zero-order valence-corrected chi connectivity index (χ0v) is 17.4. The minimum atomic E-state index is -0.0445. The molecule has 2 aliphatic rings. The summed E-state index contributed by atoms with van der Waals surface area (Å²) in [5, 5.41) is 7.32. The molecule has 8 heteroatoms. The number of hydrogen-bond acceptors (Lipinski definition) is 7. The van der Waals surface area contributed by atoms with Crippen molar-refractivity contribution in [3.63, 3.8) is 0 Å². The molecular weight excluding hydrogens is 384 g/mol. The third kappa shape index (κ3) is 3.44. The monoisotopic (exact) mass is 410 g/mol. The molecule has 1 unspecified atom stereocenters. The van der Waals surface area contributed by atoms with E-state index in [9.17, 15) is 4.79 Å². The summed E-state index contributed by atoms with van der Waals surface area (Å²) in [5.74, 6) is 1.25. The Bertz CT molecular complexity index is 1030. The number of nitrogens with two attached hydrogens (primary N) is 1. The second-order valence-electron chi connectivity index (χ2n) is 8.31. The number of fused-ring (bicyclic) bond motifs is 1. The summed E-state index contributed by atoms with van der Waals surface area (Å²) < 4.78 is 1.86. The molecule has 1 aliphatic carbocycles. The number of hydrogen-bond donors (Lipinski definition) is 1. The van der Waals surface area contributed by atoms with Gasteiger partial charge in [-0.1, -0.05) is 12.8 Å². The van der Waals surface area contributed by atoms with E-state index < -0.39 is 0 Å². The predicted octanol–water partition coefficient (Wildman–Crippen LogP) is 3.19. The number of nitrogens with zero attached hydrogens (tertiary/aromatic N) is 5. The molecule has 2 fully saturated rings. The quantitative estimate of drug-likeness (QED) is 0.665. The van der Waals surface area contributed by atoms with Gasteiger partial charge in [-0.2, -0.15) is 5.10 Å². The van der Waals surface area contributed by atoms with Crippen molar-refractivity contribution < 1.29 is 4.79 Å². The number of aryl methyl sites for hydroxylation is 1. The summed E-state index contributed by atoms with van der Waals surface area (Å²) in [6.45, 7) is 3.86. The molecule has 0 spiro atoms. The molecular formula is C21H26N6OS. The van der Waals surface area contributed by atoms with Crippen molar-refractivity contribution in [2.75, 3.05) is 18.0 Å². The molecule has 0 aromatic carbocycles. The van der Waals surface area contributed by atoms with E-state index in [2.05, 4.69) is 22.9 Å². The molecule has 0 bridgehead atoms. The van der Waals surface area contributed by atoms with Crippen LogP contribution in [0.1, 0.15) is 59.1 Å². The van der Waals surface area contributed by atoms with Crippen molar-refractivity contribution in [3.8, 4) is 0 Å². The largest absolute Gasteiger partial charge is 0.355 e. The minimum absolute atomic E-state index is 0.0445. The first kappa shape index (κ1) is 18.7. The summed E-state index contributed by atoms with van der Waals surface area (Å²) in [4.78, 5) is 24.5. The highest BCUT2D eigenvalue weighted by atomic mass is 32.1. The van der Waals surface area contributed by atoms with Gasteiger partial charge in [-0.15, -0.1) is 11.3 Å². The fourth-order valence-electron chi connectivity index (χ4n) is 4.80. The maximum atomic E-state index is 13.1. The molecule has 3 aromatic rings. The summed E-state index contributed by atoms with van der Waals surface area (Å²) in [5.41, 5.74) is 9.00. The highest BCUT2D eigenvalue weighted by Crippen LogP contribution is 2.39. The topological polar surface area (TPSA) is 89.4 Å². The molecule has 7 nitrogen and oxygen atoms in total. The first-order valence-electron chi connectivity index (χ1n) is 10.4. The van der Waals surface area contributed by atoms with Gasteiger partial charge < -0.3 is 10.6 Å². The lowest BCUT2D eigenvalue weighted by Crippen LogP contribution is -2.27. The lowest BCUT2D eigenvalue weighted by atomic mass is 9.75. The molecule has 3 atom stereocenters. The van der Waals surface area contributed by atoms with Crippen molar-refractivity contribution in [1.29, 1.82) is 0 Å². The van der Waals surface area contributed by atoms with Crippen LogP contribution in [0.2, 0.25) is 0 Å². The lowest BCUT2D eigenvalue weighted by Gasteiger charge is -2.28. The van der Waals surface area contributed by atoms with E-state index in [1.165, 1.54) is 11.3 Å². The first-order valence-corrected chi connectivity index (χ1v) is 11.3. The Kier molecular flexibility index (Phi) is 4.83. The Balaban J connectivity index is 1.48. The SMILES string of the molecule is Cc1cn2nc([C@@H]3CCCCC3C(=O)c3nccs3)cc2nc1N1CC[C@H](N)C1. The van der Waals surface area contributed by atoms with Crippen LogP contribution in [0.15, 0.2) is 23.8 Å². The maximum Gasteiger partial charge on any atom is 0.195 e. The van der Waals surface area contributed by atoms with Crippen LogP contribution in [0.25, 0.3) is 5.65 Å². The molecule has 5 rings (SSSR count). The highest BCUT2D eigenvalue weighted by Gasteiger charge is 2.35. The van der Waals surface area contributed by atoms with E-state index in [4.69, 9.17) is 15.8 Å². The summed E-state index contributed by atoms with van der Waals surface area (Å²) in [7, 11) is 0. The summed E-state index contributed by atoms with van der Waals surface area (Å²) in [6, 6.07) is 2.28. The van der Waals surface area contributed by atoms with Gasteiger partial charge in [0.05, 0.1) is 5.69 Å². The van der Waals surface area contributed by atoms with Crippen molar-refractivity contribution in [1.82, 2.24) is 19.6 Å². The number of rotatable bonds is 4. The van der Waals surface area contributed by atoms with Crippen molar-refractivity contribution in [3.05, 3.63) is 40.1 Å². The van der Waals surface area contributed by atoms with Gasteiger partial charge >= 0.3 is 0 Å². The van der Waals surface area contributed by atoms with Gasteiger partial charge in [0.1, 0.15) is 5.82 Å². The lowest BCUT2D eigenvalue weighted by molar-refractivity contribution is 0.0866. The van der Waals surface area contributed by atoms with Gasteiger partial charge in [-0.05, 0) is 26.2 Å². The molecule has 0 radical (unpaired) electrons. The minimum Gasteiger partial charge on any atom is -0.355 e. The van der Waals surface area contributed by atoms with Crippen LogP contribution in [0.4, 0.5) is 5.82 Å². The van der Waals surface area contributed by atoms with Crippen LogP contribution >= 0.6 is 11.3 Å². The van der Waals surface area contributed by atoms with Gasteiger partial charge in [-0.3, -0.25) is 4.79 Å². The zero-order chi connectivity index (χ0) is 20.0. The average Bonchev–Trinajstić information content (AvgIpc) is 3.47. The molecule has 1 saturated carbocycles. The van der Waals surface area contributed by atoms with Crippen LogP contribution < -0.4 is 10.6 Å².